The standard InChI is InChI=1S/C20H26N4O2/c1-4-25-19-11-24(3)10-16(19)23-20-15-9-14-7-5-6-8-18(14)26-12-17(15)21-13(2)22-20/h5-8,16,19H,4,9-12H2,1-3H3,(H,21,22,23)/t16-,19-/m1/s1. The third-order valence-electron chi connectivity index (χ3n) is 5.06. The summed E-state index contributed by atoms with van der Waals surface area (Å²) in [5.74, 6) is 2.61. The van der Waals surface area contributed by atoms with Crippen LogP contribution in [0.3, 0.4) is 0 Å². The number of rotatable bonds is 4. The molecule has 0 saturated carbocycles. The molecule has 0 aliphatic carbocycles. The minimum absolute atomic E-state index is 0.172. The molecule has 0 radical (unpaired) electrons. The summed E-state index contributed by atoms with van der Waals surface area (Å²) >= 11 is 0. The van der Waals surface area contributed by atoms with Crippen LogP contribution in [0, 0.1) is 6.92 Å². The highest BCUT2D eigenvalue weighted by molar-refractivity contribution is 5.53. The van der Waals surface area contributed by atoms with Gasteiger partial charge in [0.15, 0.2) is 0 Å². The van der Waals surface area contributed by atoms with Crippen LogP contribution in [0.2, 0.25) is 0 Å². The molecule has 2 aliphatic rings. The molecule has 6 nitrogen and oxygen atoms in total. The topological polar surface area (TPSA) is 59.5 Å². The molecule has 0 amide bonds. The lowest BCUT2D eigenvalue weighted by molar-refractivity contribution is 0.0652. The van der Waals surface area contributed by atoms with Crippen LogP contribution in [0.1, 0.15) is 29.6 Å². The van der Waals surface area contributed by atoms with Crippen molar-refractivity contribution >= 4 is 5.82 Å². The maximum Gasteiger partial charge on any atom is 0.134 e. The summed E-state index contributed by atoms with van der Waals surface area (Å²) in [6, 6.07) is 8.41. The molecule has 0 unspecified atom stereocenters. The molecule has 2 atom stereocenters. The zero-order valence-corrected chi connectivity index (χ0v) is 15.7. The number of aromatic nitrogens is 2. The van der Waals surface area contributed by atoms with Gasteiger partial charge in [-0.25, -0.2) is 9.97 Å². The van der Waals surface area contributed by atoms with Crippen molar-refractivity contribution in [3.05, 3.63) is 46.9 Å². The van der Waals surface area contributed by atoms with Crippen LogP contribution in [-0.2, 0) is 17.8 Å². The van der Waals surface area contributed by atoms with E-state index in [1.165, 1.54) is 5.56 Å². The number of likely N-dealkylation sites (tertiary alicyclic amines) is 1. The summed E-state index contributed by atoms with van der Waals surface area (Å²) in [5, 5.41) is 3.66. The summed E-state index contributed by atoms with van der Waals surface area (Å²) in [5.41, 5.74) is 3.27. The molecule has 4 rings (SSSR count). The van der Waals surface area contributed by atoms with Gasteiger partial charge in [0.05, 0.1) is 17.8 Å². The Hall–Kier alpha value is -2.18. The number of hydrogen-bond acceptors (Lipinski definition) is 6. The van der Waals surface area contributed by atoms with Gasteiger partial charge in [0.2, 0.25) is 0 Å². The van der Waals surface area contributed by atoms with Crippen molar-refractivity contribution in [1.82, 2.24) is 14.9 Å². The van der Waals surface area contributed by atoms with Gasteiger partial charge in [-0.05, 0) is 32.5 Å². The fourth-order valence-corrected chi connectivity index (χ4v) is 3.86. The number of fused-ring (bicyclic) bond motifs is 2. The van der Waals surface area contributed by atoms with Crippen molar-refractivity contribution in [2.24, 2.45) is 0 Å². The van der Waals surface area contributed by atoms with E-state index >= 15 is 0 Å². The lowest BCUT2D eigenvalue weighted by Crippen LogP contribution is -2.35. The highest BCUT2D eigenvalue weighted by Crippen LogP contribution is 2.31. The smallest absolute Gasteiger partial charge is 0.134 e. The molecule has 1 saturated heterocycles. The van der Waals surface area contributed by atoms with E-state index in [0.717, 1.165) is 54.8 Å². The summed E-state index contributed by atoms with van der Waals surface area (Å²) in [4.78, 5) is 11.7. The van der Waals surface area contributed by atoms with E-state index in [4.69, 9.17) is 14.5 Å². The second-order valence-corrected chi connectivity index (χ2v) is 7.08. The second kappa shape index (κ2) is 7.21. The largest absolute Gasteiger partial charge is 0.487 e. The van der Waals surface area contributed by atoms with Crippen LogP contribution >= 0.6 is 0 Å². The maximum atomic E-state index is 5.98. The van der Waals surface area contributed by atoms with Crippen LogP contribution in [0.15, 0.2) is 24.3 Å². The van der Waals surface area contributed by atoms with Crippen LogP contribution < -0.4 is 10.1 Å². The second-order valence-electron chi connectivity index (χ2n) is 7.08. The number of anilines is 1. The molecule has 2 aromatic rings. The maximum absolute atomic E-state index is 5.98. The van der Waals surface area contributed by atoms with Gasteiger partial charge in [0, 0.05) is 31.7 Å². The Morgan fingerprint density at radius 1 is 1.27 bits per heavy atom. The minimum atomic E-state index is 0.172. The van der Waals surface area contributed by atoms with Crippen molar-refractivity contribution in [3.63, 3.8) is 0 Å². The van der Waals surface area contributed by atoms with Gasteiger partial charge < -0.3 is 19.7 Å². The average Bonchev–Trinajstić information content (AvgIpc) is 2.85. The van der Waals surface area contributed by atoms with Crippen LogP contribution in [0.5, 0.6) is 5.75 Å². The molecule has 1 aromatic heterocycles. The number of ether oxygens (including phenoxy) is 2. The molecule has 1 aromatic carbocycles. The van der Waals surface area contributed by atoms with Crippen molar-refractivity contribution in [1.29, 1.82) is 0 Å². The Kier molecular flexibility index (Phi) is 4.78. The molecule has 26 heavy (non-hydrogen) atoms. The Morgan fingerprint density at radius 3 is 2.96 bits per heavy atom. The van der Waals surface area contributed by atoms with E-state index in [1.54, 1.807) is 0 Å². The summed E-state index contributed by atoms with van der Waals surface area (Å²) in [7, 11) is 2.13. The van der Waals surface area contributed by atoms with Gasteiger partial charge in [0.1, 0.15) is 24.0 Å². The predicted octanol–water partition coefficient (Wildman–Crippen LogP) is 2.40. The SMILES string of the molecule is CCO[C@@H]1CN(C)C[C@H]1Nc1nc(C)nc2c1Cc1ccccc1OC2. The fraction of sp³-hybridized carbons (Fsp3) is 0.500. The quantitative estimate of drug-likeness (QED) is 0.910. The first-order valence-corrected chi connectivity index (χ1v) is 9.27. The molecular formula is C20H26N4O2. The highest BCUT2D eigenvalue weighted by atomic mass is 16.5. The Morgan fingerprint density at radius 2 is 2.12 bits per heavy atom. The third kappa shape index (κ3) is 3.39. The first-order chi connectivity index (χ1) is 12.6. The number of hydrogen-bond donors (Lipinski definition) is 1. The Balaban J connectivity index is 1.66. The zero-order chi connectivity index (χ0) is 18.1. The van der Waals surface area contributed by atoms with Crippen molar-refractivity contribution in [2.75, 3.05) is 32.1 Å². The summed E-state index contributed by atoms with van der Waals surface area (Å²) in [6.45, 7) is 7.05. The highest BCUT2D eigenvalue weighted by Gasteiger charge is 2.32. The van der Waals surface area contributed by atoms with E-state index in [9.17, 15) is 0 Å². The monoisotopic (exact) mass is 354 g/mol. The fourth-order valence-electron chi connectivity index (χ4n) is 3.86. The van der Waals surface area contributed by atoms with Gasteiger partial charge >= 0.3 is 0 Å². The number of nitrogens with one attached hydrogen (secondary N) is 1. The third-order valence-corrected chi connectivity index (χ3v) is 5.06. The number of benzene rings is 1. The van der Waals surface area contributed by atoms with Gasteiger partial charge in [0.25, 0.3) is 0 Å². The van der Waals surface area contributed by atoms with E-state index in [1.807, 2.05) is 32.0 Å². The molecule has 1 fully saturated rings. The Bertz CT molecular complexity index is 795. The molecule has 138 valence electrons. The number of aryl methyl sites for hydroxylation is 1. The number of para-hydroxylation sites is 1. The lowest BCUT2D eigenvalue weighted by Gasteiger charge is -2.22. The van der Waals surface area contributed by atoms with Gasteiger partial charge in [-0.2, -0.15) is 0 Å². The van der Waals surface area contributed by atoms with E-state index in [0.29, 0.717) is 6.61 Å². The number of likely N-dealkylation sites (N-methyl/N-ethyl adjacent to an activating group) is 1. The first-order valence-electron chi connectivity index (χ1n) is 9.27. The molecule has 3 heterocycles. The van der Waals surface area contributed by atoms with Crippen molar-refractivity contribution in [3.8, 4) is 5.75 Å². The van der Waals surface area contributed by atoms with E-state index < -0.39 is 0 Å². The molecule has 1 N–H and O–H groups in total. The molecule has 6 heteroatoms. The van der Waals surface area contributed by atoms with Crippen molar-refractivity contribution < 1.29 is 9.47 Å². The number of nitrogens with zero attached hydrogens (tertiary/aromatic N) is 3. The van der Waals surface area contributed by atoms with E-state index in [2.05, 4.69) is 28.3 Å². The first kappa shape index (κ1) is 17.2. The summed E-state index contributed by atoms with van der Waals surface area (Å²) in [6.07, 6.45) is 0.945. The van der Waals surface area contributed by atoms with Gasteiger partial charge in [-0.15, -0.1) is 0 Å². The lowest BCUT2D eigenvalue weighted by atomic mass is 10.0. The normalized spacial score (nSPS) is 22.3. The van der Waals surface area contributed by atoms with Gasteiger partial charge in [-0.3, -0.25) is 0 Å². The zero-order valence-electron chi connectivity index (χ0n) is 15.7. The molecule has 2 aliphatic heterocycles. The van der Waals surface area contributed by atoms with Crippen molar-refractivity contribution in [2.45, 2.75) is 39.0 Å². The predicted molar refractivity (Wildman–Crippen MR) is 101 cm³/mol. The average molecular weight is 354 g/mol. The Labute approximate surface area is 154 Å². The summed E-state index contributed by atoms with van der Waals surface area (Å²) < 4.78 is 11.9. The van der Waals surface area contributed by atoms with Crippen LogP contribution in [0.4, 0.5) is 5.82 Å². The van der Waals surface area contributed by atoms with Crippen LogP contribution in [-0.4, -0.2) is 53.8 Å². The van der Waals surface area contributed by atoms with E-state index in [-0.39, 0.29) is 12.1 Å². The molecule has 0 spiro atoms. The van der Waals surface area contributed by atoms with Gasteiger partial charge in [-0.1, -0.05) is 18.2 Å². The molecular weight excluding hydrogens is 328 g/mol. The molecule has 0 bridgehead atoms. The minimum Gasteiger partial charge on any atom is -0.487 e. The van der Waals surface area contributed by atoms with Crippen LogP contribution in [0.25, 0.3) is 0 Å².